The van der Waals surface area contributed by atoms with Crippen LogP contribution in [-0.2, 0) is 12.6 Å². The maximum absolute atomic E-state index is 13.9. The van der Waals surface area contributed by atoms with E-state index in [0.717, 1.165) is 0 Å². The Labute approximate surface area is 241 Å². The van der Waals surface area contributed by atoms with Crippen LogP contribution in [0.3, 0.4) is 0 Å². The number of halogens is 5. The Bertz CT molecular complexity index is 1770. The Morgan fingerprint density at radius 3 is 2.39 bits per heavy atom. The van der Waals surface area contributed by atoms with E-state index in [4.69, 9.17) is 41.5 Å². The number of hydrogen-bond donors (Lipinski definition) is 0. The summed E-state index contributed by atoms with van der Waals surface area (Å²) in [6.45, 7) is 1.75. The molecule has 0 unspecified atom stereocenters. The van der Waals surface area contributed by atoms with Crippen molar-refractivity contribution in [2.24, 2.45) is 0 Å². The van der Waals surface area contributed by atoms with E-state index in [1.807, 2.05) is 6.07 Å². The number of aromatic nitrogens is 2. The van der Waals surface area contributed by atoms with Gasteiger partial charge in [-0.3, -0.25) is 0 Å². The van der Waals surface area contributed by atoms with Crippen LogP contribution >= 0.6 is 23.2 Å². The SMILES string of the molecule is COc1ccc(-c2cc(-c3nnc(Cc4ccc(Cl)c(Oc5cc(Cl)cc(C#N)c5)c4C)o3)c(C(F)(F)F)o2)cc1. The molecule has 0 bridgehead atoms. The van der Waals surface area contributed by atoms with Crippen molar-refractivity contribution in [3.05, 3.63) is 99.1 Å². The molecule has 12 heteroatoms. The zero-order valence-corrected chi connectivity index (χ0v) is 22.9. The molecule has 41 heavy (non-hydrogen) atoms. The molecule has 208 valence electrons. The quantitative estimate of drug-likeness (QED) is 0.184. The van der Waals surface area contributed by atoms with Crippen LogP contribution in [0.5, 0.6) is 17.2 Å². The fourth-order valence-corrected chi connectivity index (χ4v) is 4.54. The van der Waals surface area contributed by atoms with Crippen molar-refractivity contribution in [1.29, 1.82) is 5.26 Å². The summed E-state index contributed by atoms with van der Waals surface area (Å²) in [5.74, 6) is -0.394. The first kappa shape index (κ1) is 28.1. The summed E-state index contributed by atoms with van der Waals surface area (Å²) in [6, 6.07) is 17.5. The normalized spacial score (nSPS) is 11.4. The molecule has 0 spiro atoms. The maximum Gasteiger partial charge on any atom is 0.450 e. The average molecular weight is 600 g/mol. The van der Waals surface area contributed by atoms with E-state index < -0.39 is 11.9 Å². The summed E-state index contributed by atoms with van der Waals surface area (Å²) in [7, 11) is 1.49. The Kier molecular flexibility index (Phi) is 7.67. The second-order valence-electron chi connectivity index (χ2n) is 8.81. The van der Waals surface area contributed by atoms with Gasteiger partial charge in [0.15, 0.2) is 0 Å². The van der Waals surface area contributed by atoms with E-state index in [2.05, 4.69) is 10.2 Å². The number of nitrogens with zero attached hydrogens (tertiary/aromatic N) is 3. The first-order valence-electron chi connectivity index (χ1n) is 11.9. The minimum atomic E-state index is -4.81. The Hall–Kier alpha value is -4.46. The zero-order chi connectivity index (χ0) is 29.3. The topological polar surface area (TPSA) is 94.3 Å². The third-order valence-electron chi connectivity index (χ3n) is 6.09. The highest BCUT2D eigenvalue weighted by Gasteiger charge is 2.40. The highest BCUT2D eigenvalue weighted by molar-refractivity contribution is 6.32. The maximum atomic E-state index is 13.9. The molecule has 2 aromatic heterocycles. The minimum absolute atomic E-state index is 0.0226. The van der Waals surface area contributed by atoms with Gasteiger partial charge in [-0.15, -0.1) is 10.2 Å². The minimum Gasteiger partial charge on any atom is -0.497 e. The Morgan fingerprint density at radius 2 is 1.71 bits per heavy atom. The van der Waals surface area contributed by atoms with Crippen LogP contribution in [0.25, 0.3) is 22.8 Å². The lowest BCUT2D eigenvalue weighted by Crippen LogP contribution is -2.04. The molecule has 3 aromatic carbocycles. The lowest BCUT2D eigenvalue weighted by atomic mass is 10.0. The Morgan fingerprint density at radius 1 is 0.951 bits per heavy atom. The van der Waals surface area contributed by atoms with E-state index in [0.29, 0.717) is 49.5 Å². The molecule has 0 fully saturated rings. The van der Waals surface area contributed by atoms with Crippen molar-refractivity contribution in [1.82, 2.24) is 10.2 Å². The molecule has 0 saturated heterocycles. The lowest BCUT2D eigenvalue weighted by Gasteiger charge is -2.14. The van der Waals surface area contributed by atoms with Gasteiger partial charge in [0.25, 0.3) is 5.89 Å². The highest BCUT2D eigenvalue weighted by atomic mass is 35.5. The fraction of sp³-hybridized carbons (Fsp3) is 0.138. The molecule has 0 N–H and O–H groups in total. The van der Waals surface area contributed by atoms with Crippen LogP contribution in [0.1, 0.15) is 28.3 Å². The summed E-state index contributed by atoms with van der Waals surface area (Å²) >= 11 is 12.5. The van der Waals surface area contributed by atoms with Gasteiger partial charge in [-0.25, -0.2) is 0 Å². The molecule has 0 aliphatic rings. The van der Waals surface area contributed by atoms with Crippen LogP contribution in [0, 0.1) is 18.3 Å². The Balaban J connectivity index is 1.44. The summed E-state index contributed by atoms with van der Waals surface area (Å²) < 4.78 is 63.5. The van der Waals surface area contributed by atoms with Gasteiger partial charge in [-0.05, 0) is 72.6 Å². The molecule has 0 radical (unpaired) electrons. The van der Waals surface area contributed by atoms with Crippen molar-refractivity contribution in [2.75, 3.05) is 7.11 Å². The van der Waals surface area contributed by atoms with Crippen molar-refractivity contribution < 1.29 is 31.5 Å². The molecule has 0 amide bonds. The van der Waals surface area contributed by atoms with E-state index >= 15 is 0 Å². The fourth-order valence-electron chi connectivity index (χ4n) is 4.08. The zero-order valence-electron chi connectivity index (χ0n) is 21.3. The van der Waals surface area contributed by atoms with Gasteiger partial charge in [0.2, 0.25) is 11.7 Å². The van der Waals surface area contributed by atoms with Gasteiger partial charge in [0.1, 0.15) is 23.0 Å². The smallest absolute Gasteiger partial charge is 0.450 e. The number of hydrogen-bond acceptors (Lipinski definition) is 7. The monoisotopic (exact) mass is 599 g/mol. The molecular formula is C29H18Cl2F3N3O4. The van der Waals surface area contributed by atoms with Crippen molar-refractivity contribution >= 4 is 23.2 Å². The second-order valence-corrected chi connectivity index (χ2v) is 9.65. The average Bonchev–Trinajstić information content (AvgIpc) is 3.60. The van der Waals surface area contributed by atoms with Gasteiger partial charge in [-0.1, -0.05) is 29.3 Å². The largest absolute Gasteiger partial charge is 0.497 e. The molecule has 5 rings (SSSR count). The van der Waals surface area contributed by atoms with Crippen LogP contribution in [0.15, 0.2) is 69.5 Å². The van der Waals surface area contributed by atoms with Gasteiger partial charge >= 0.3 is 6.18 Å². The van der Waals surface area contributed by atoms with Crippen LogP contribution in [0.2, 0.25) is 10.0 Å². The molecular weight excluding hydrogens is 582 g/mol. The third kappa shape index (κ3) is 6.01. The van der Waals surface area contributed by atoms with Crippen LogP contribution in [-0.4, -0.2) is 17.3 Å². The van der Waals surface area contributed by atoms with Gasteiger partial charge < -0.3 is 18.3 Å². The number of nitriles is 1. The summed E-state index contributed by atoms with van der Waals surface area (Å²) in [5, 5.41) is 17.6. The predicted molar refractivity (Wildman–Crippen MR) is 144 cm³/mol. The molecule has 0 aliphatic heterocycles. The summed E-state index contributed by atoms with van der Waals surface area (Å²) in [5.41, 5.74) is 1.63. The highest BCUT2D eigenvalue weighted by Crippen LogP contribution is 2.42. The van der Waals surface area contributed by atoms with E-state index in [9.17, 15) is 18.4 Å². The van der Waals surface area contributed by atoms with Crippen molar-refractivity contribution in [3.8, 4) is 46.1 Å². The standard InChI is InChI=1S/C29H18Cl2F3N3O4/c1-15-18(5-8-23(31)26(15)39-21-10-16(14-35)9-19(30)12-21)11-25-36-37-28(41-25)22-13-24(40-27(22)29(32,33)34)17-3-6-20(38-2)7-4-17/h3-10,12-13H,11H2,1-2H3. The number of benzene rings is 3. The van der Waals surface area contributed by atoms with Gasteiger partial charge in [0.05, 0.1) is 35.7 Å². The third-order valence-corrected chi connectivity index (χ3v) is 6.61. The van der Waals surface area contributed by atoms with Crippen LogP contribution in [0.4, 0.5) is 13.2 Å². The number of alkyl halides is 3. The molecule has 2 heterocycles. The second kappa shape index (κ2) is 11.2. The van der Waals surface area contributed by atoms with Gasteiger partial charge in [-0.2, -0.15) is 18.4 Å². The summed E-state index contributed by atoms with van der Waals surface area (Å²) in [4.78, 5) is 0. The van der Waals surface area contributed by atoms with Crippen LogP contribution < -0.4 is 9.47 Å². The number of rotatable bonds is 7. The summed E-state index contributed by atoms with van der Waals surface area (Å²) in [6.07, 6.45) is -4.73. The van der Waals surface area contributed by atoms with Gasteiger partial charge in [0, 0.05) is 10.6 Å². The molecule has 0 atom stereocenters. The molecule has 0 aliphatic carbocycles. The van der Waals surface area contributed by atoms with Crippen molar-refractivity contribution in [2.45, 2.75) is 19.5 Å². The van der Waals surface area contributed by atoms with E-state index in [1.54, 1.807) is 49.4 Å². The first-order chi connectivity index (χ1) is 19.5. The number of methoxy groups -OCH3 is 1. The van der Waals surface area contributed by atoms with E-state index in [-0.39, 0.29) is 29.5 Å². The van der Waals surface area contributed by atoms with E-state index in [1.165, 1.54) is 25.3 Å². The number of ether oxygens (including phenoxy) is 2. The molecule has 0 saturated carbocycles. The van der Waals surface area contributed by atoms with Crippen molar-refractivity contribution in [3.63, 3.8) is 0 Å². The number of furan rings is 1. The molecule has 5 aromatic rings. The first-order valence-corrected chi connectivity index (χ1v) is 12.7. The lowest BCUT2D eigenvalue weighted by molar-refractivity contribution is -0.152. The molecule has 7 nitrogen and oxygen atoms in total. The predicted octanol–water partition coefficient (Wildman–Crippen LogP) is 8.89.